The molecule has 1 amide bonds. The highest BCUT2D eigenvalue weighted by Gasteiger charge is 2.38. The normalized spacial score (nSPS) is 18.4. The zero-order chi connectivity index (χ0) is 15.9. The van der Waals surface area contributed by atoms with Crippen LogP contribution < -0.4 is 11.1 Å². The molecule has 6 nitrogen and oxygen atoms in total. The zero-order valence-corrected chi connectivity index (χ0v) is 14.1. The van der Waals surface area contributed by atoms with E-state index in [0.717, 1.165) is 43.4 Å². The molecule has 0 atom stereocenters. The molecule has 2 aromatic rings. The Kier molecular flexibility index (Phi) is 4.60. The molecule has 7 heteroatoms. The number of amides is 1. The van der Waals surface area contributed by atoms with Gasteiger partial charge in [0.05, 0.1) is 12.0 Å². The second-order valence-corrected chi connectivity index (χ2v) is 6.66. The van der Waals surface area contributed by atoms with Crippen molar-refractivity contribution in [2.24, 2.45) is 11.7 Å². The topological polar surface area (TPSA) is 94.0 Å². The van der Waals surface area contributed by atoms with Crippen LogP contribution in [0.25, 0.3) is 0 Å². The molecule has 2 aliphatic carbocycles. The average molecular weight is 349 g/mol. The molecular formula is C17H21ClN4O2. The quantitative estimate of drug-likeness (QED) is 0.866. The summed E-state index contributed by atoms with van der Waals surface area (Å²) in [6.45, 7) is 0. The molecular weight excluding hydrogens is 328 g/mol. The van der Waals surface area contributed by atoms with Crippen molar-refractivity contribution in [3.63, 3.8) is 0 Å². The molecule has 3 N–H and O–H groups in total. The van der Waals surface area contributed by atoms with Crippen LogP contribution in [-0.2, 0) is 16.8 Å². The van der Waals surface area contributed by atoms with E-state index in [9.17, 15) is 4.79 Å². The molecule has 0 radical (unpaired) electrons. The van der Waals surface area contributed by atoms with Gasteiger partial charge in [0.1, 0.15) is 0 Å². The van der Waals surface area contributed by atoms with E-state index in [1.807, 2.05) is 24.3 Å². The van der Waals surface area contributed by atoms with Crippen molar-refractivity contribution in [3.8, 4) is 0 Å². The molecule has 4 rings (SSSR count). The summed E-state index contributed by atoms with van der Waals surface area (Å²) in [5.41, 5.74) is 7.70. The van der Waals surface area contributed by atoms with Crippen LogP contribution >= 0.6 is 12.4 Å². The first kappa shape index (κ1) is 16.9. The van der Waals surface area contributed by atoms with E-state index in [1.165, 1.54) is 0 Å². The van der Waals surface area contributed by atoms with Crippen LogP contribution in [0.1, 0.15) is 49.4 Å². The van der Waals surface area contributed by atoms with Crippen LogP contribution in [-0.4, -0.2) is 16.0 Å². The number of nitrogens with zero attached hydrogens (tertiary/aromatic N) is 2. The van der Waals surface area contributed by atoms with Crippen molar-refractivity contribution < 1.29 is 9.32 Å². The van der Waals surface area contributed by atoms with Gasteiger partial charge in [0.2, 0.25) is 11.8 Å². The predicted molar refractivity (Wildman–Crippen MR) is 91.9 cm³/mol. The Morgan fingerprint density at radius 2 is 2.00 bits per heavy atom. The molecule has 1 aromatic heterocycles. The van der Waals surface area contributed by atoms with Gasteiger partial charge in [-0.15, -0.1) is 12.4 Å². The van der Waals surface area contributed by atoms with Crippen molar-refractivity contribution in [2.75, 3.05) is 5.32 Å². The minimum absolute atomic E-state index is 0. The van der Waals surface area contributed by atoms with Crippen LogP contribution in [0.15, 0.2) is 28.8 Å². The van der Waals surface area contributed by atoms with E-state index in [4.69, 9.17) is 10.3 Å². The Labute approximate surface area is 146 Å². The fraction of sp³-hybridized carbons (Fsp3) is 0.471. The lowest BCUT2D eigenvalue weighted by molar-refractivity contribution is -0.117. The van der Waals surface area contributed by atoms with E-state index >= 15 is 0 Å². The number of rotatable bonds is 5. The van der Waals surface area contributed by atoms with Crippen molar-refractivity contribution in [3.05, 3.63) is 41.5 Å². The first-order chi connectivity index (χ1) is 11.1. The summed E-state index contributed by atoms with van der Waals surface area (Å²) in [7, 11) is 0. The standard InChI is InChI=1S/C17H20N4O2.ClH/c18-17(8-1-9-17)16-20-14(23-21-16)10-11-2-6-13(7-3-11)19-15(22)12-4-5-12;/h2-3,6-7,12H,1,4-5,8-10,18H2,(H,19,22);1H. The highest BCUT2D eigenvalue weighted by atomic mass is 35.5. The number of carbonyl (C=O) groups excluding carboxylic acids is 1. The number of benzene rings is 1. The molecule has 0 saturated heterocycles. The van der Waals surface area contributed by atoms with Crippen molar-refractivity contribution in [2.45, 2.75) is 44.1 Å². The number of anilines is 1. The largest absolute Gasteiger partial charge is 0.339 e. The van der Waals surface area contributed by atoms with E-state index in [1.54, 1.807) is 0 Å². The molecule has 1 aromatic carbocycles. The molecule has 0 unspecified atom stereocenters. The first-order valence-corrected chi connectivity index (χ1v) is 8.14. The average Bonchev–Trinajstić information content (AvgIpc) is 3.27. The zero-order valence-electron chi connectivity index (χ0n) is 13.3. The number of nitrogens with one attached hydrogen (secondary N) is 1. The molecule has 0 bridgehead atoms. The lowest BCUT2D eigenvalue weighted by atomic mass is 9.77. The SMILES string of the molecule is Cl.NC1(c2noc(Cc3ccc(NC(=O)C4CC4)cc3)n2)CCC1. The minimum Gasteiger partial charge on any atom is -0.339 e. The Balaban J connectivity index is 0.00000169. The maximum absolute atomic E-state index is 11.7. The highest BCUT2D eigenvalue weighted by Crippen LogP contribution is 2.37. The Bertz CT molecular complexity index is 720. The van der Waals surface area contributed by atoms with Crippen LogP contribution in [0, 0.1) is 5.92 Å². The molecule has 2 saturated carbocycles. The molecule has 2 aliphatic rings. The van der Waals surface area contributed by atoms with Gasteiger partial charge >= 0.3 is 0 Å². The number of hydrogen-bond acceptors (Lipinski definition) is 5. The lowest BCUT2D eigenvalue weighted by Gasteiger charge is -2.34. The summed E-state index contributed by atoms with van der Waals surface area (Å²) in [4.78, 5) is 16.2. The number of aromatic nitrogens is 2. The maximum Gasteiger partial charge on any atom is 0.231 e. The molecule has 2 fully saturated rings. The smallest absolute Gasteiger partial charge is 0.231 e. The second kappa shape index (κ2) is 6.53. The van der Waals surface area contributed by atoms with Gasteiger partial charge in [0.25, 0.3) is 0 Å². The van der Waals surface area contributed by atoms with Crippen molar-refractivity contribution >= 4 is 24.0 Å². The van der Waals surface area contributed by atoms with Crippen LogP contribution in [0.3, 0.4) is 0 Å². The molecule has 0 spiro atoms. The van der Waals surface area contributed by atoms with Gasteiger partial charge in [-0.1, -0.05) is 17.3 Å². The van der Waals surface area contributed by atoms with Crippen LogP contribution in [0.2, 0.25) is 0 Å². The number of hydrogen-bond donors (Lipinski definition) is 2. The van der Waals surface area contributed by atoms with Crippen molar-refractivity contribution in [1.29, 1.82) is 0 Å². The summed E-state index contributed by atoms with van der Waals surface area (Å²) in [5, 5.41) is 6.95. The van der Waals surface area contributed by atoms with E-state index < -0.39 is 5.54 Å². The van der Waals surface area contributed by atoms with Gasteiger partial charge in [0.15, 0.2) is 5.82 Å². The Hall–Kier alpha value is -1.92. The lowest BCUT2D eigenvalue weighted by Crippen LogP contribution is -2.44. The third-order valence-corrected chi connectivity index (χ3v) is 4.68. The van der Waals surface area contributed by atoms with E-state index in [0.29, 0.717) is 18.1 Å². The maximum atomic E-state index is 11.7. The fourth-order valence-electron chi connectivity index (χ4n) is 2.78. The molecule has 0 aliphatic heterocycles. The van der Waals surface area contributed by atoms with E-state index in [2.05, 4.69) is 15.5 Å². The van der Waals surface area contributed by atoms with Crippen molar-refractivity contribution in [1.82, 2.24) is 10.1 Å². The van der Waals surface area contributed by atoms with Gasteiger partial charge in [-0.3, -0.25) is 4.79 Å². The molecule has 128 valence electrons. The predicted octanol–water partition coefficient (Wildman–Crippen LogP) is 2.77. The van der Waals surface area contributed by atoms with Gasteiger partial charge in [-0.05, 0) is 49.8 Å². The number of carbonyl (C=O) groups is 1. The molecule has 24 heavy (non-hydrogen) atoms. The van der Waals surface area contributed by atoms with E-state index in [-0.39, 0.29) is 24.2 Å². The van der Waals surface area contributed by atoms with Gasteiger partial charge in [0, 0.05) is 11.6 Å². The Morgan fingerprint density at radius 3 is 2.58 bits per heavy atom. The third kappa shape index (κ3) is 3.44. The van der Waals surface area contributed by atoms with Crippen LogP contribution in [0.5, 0.6) is 0 Å². The number of halogens is 1. The summed E-state index contributed by atoms with van der Waals surface area (Å²) >= 11 is 0. The summed E-state index contributed by atoms with van der Waals surface area (Å²) < 4.78 is 5.31. The summed E-state index contributed by atoms with van der Waals surface area (Å²) in [6, 6.07) is 7.74. The fourth-order valence-corrected chi connectivity index (χ4v) is 2.78. The van der Waals surface area contributed by atoms with Gasteiger partial charge in [-0.25, -0.2) is 0 Å². The number of nitrogens with two attached hydrogens (primary N) is 1. The minimum atomic E-state index is -0.390. The molecule has 1 heterocycles. The van der Waals surface area contributed by atoms with Crippen LogP contribution in [0.4, 0.5) is 5.69 Å². The first-order valence-electron chi connectivity index (χ1n) is 8.14. The highest BCUT2D eigenvalue weighted by molar-refractivity contribution is 5.94. The van der Waals surface area contributed by atoms with Gasteiger partial charge < -0.3 is 15.6 Å². The summed E-state index contributed by atoms with van der Waals surface area (Å²) in [5.74, 6) is 1.52. The second-order valence-electron chi connectivity index (χ2n) is 6.66. The third-order valence-electron chi connectivity index (χ3n) is 4.68. The Morgan fingerprint density at radius 1 is 1.29 bits per heavy atom. The summed E-state index contributed by atoms with van der Waals surface area (Å²) in [6.07, 6.45) is 5.54. The van der Waals surface area contributed by atoms with Gasteiger partial charge in [-0.2, -0.15) is 4.98 Å². The monoisotopic (exact) mass is 348 g/mol.